The van der Waals surface area contributed by atoms with E-state index in [0.29, 0.717) is 16.4 Å². The molecular weight excluding hydrogens is 587 g/mol. The number of esters is 2. The summed E-state index contributed by atoms with van der Waals surface area (Å²) in [4.78, 5) is 22.5. The van der Waals surface area contributed by atoms with Crippen LogP contribution in [0, 0.1) is 32.8 Å². The quantitative estimate of drug-likeness (QED) is 0.131. The van der Waals surface area contributed by atoms with Crippen LogP contribution in [0.1, 0.15) is 42.5 Å². The zero-order chi connectivity index (χ0) is 24.5. The van der Waals surface area contributed by atoms with Gasteiger partial charge in [0.2, 0.25) is 17.4 Å². The molecule has 0 unspecified atom stereocenters. The predicted molar refractivity (Wildman–Crippen MR) is 112 cm³/mol. The Labute approximate surface area is 199 Å². The number of hydrogen-bond acceptors (Lipinski definition) is 6. The van der Waals surface area contributed by atoms with Crippen molar-refractivity contribution in [1.29, 1.82) is 0 Å². The fourth-order valence-electron chi connectivity index (χ4n) is 3.30. The Hall–Kier alpha value is -2.26. The van der Waals surface area contributed by atoms with Crippen molar-refractivity contribution in [2.75, 3.05) is 0 Å². The van der Waals surface area contributed by atoms with Gasteiger partial charge < -0.3 is 9.47 Å². The van der Waals surface area contributed by atoms with Crippen LogP contribution in [0.5, 0.6) is 11.5 Å². The molecule has 1 N–H and O–H groups in total. The van der Waals surface area contributed by atoms with Crippen LogP contribution < -0.4 is 9.47 Å². The zero-order valence-corrected chi connectivity index (χ0v) is 19.5. The molecule has 13 heteroatoms. The third-order valence-corrected chi connectivity index (χ3v) is 6.72. The van der Waals surface area contributed by atoms with Crippen LogP contribution in [0.3, 0.4) is 0 Å². The average Bonchev–Trinajstić information content (AvgIpc) is 2.76. The lowest BCUT2D eigenvalue weighted by Gasteiger charge is -2.20. The number of halogens is 5. The van der Waals surface area contributed by atoms with Crippen molar-refractivity contribution in [2.24, 2.45) is 5.92 Å². The van der Waals surface area contributed by atoms with Gasteiger partial charge in [0.15, 0.2) is 16.5 Å². The summed E-state index contributed by atoms with van der Waals surface area (Å²) in [6.45, 7) is 0. The molecule has 0 radical (unpaired) electrons. The first-order valence-electron chi connectivity index (χ1n) is 9.48. The SMILES string of the molecule is O=C(Oc1c(F)c(F)c(S(=O)(=O)O)c(F)c1F)c1ccc(I)c(OC(=O)C2CCCCC2)c1. The molecule has 0 atom stereocenters. The summed E-state index contributed by atoms with van der Waals surface area (Å²) in [6.07, 6.45) is 4.09. The summed E-state index contributed by atoms with van der Waals surface area (Å²) in [7, 11) is -5.66. The molecule has 1 aliphatic carbocycles. The van der Waals surface area contributed by atoms with Crippen LogP contribution in [0.15, 0.2) is 23.1 Å². The number of carbonyl (C=O) groups is 2. The Bertz CT molecular complexity index is 1200. The van der Waals surface area contributed by atoms with E-state index in [1.54, 1.807) is 0 Å². The highest BCUT2D eigenvalue weighted by Gasteiger charge is 2.34. The molecule has 1 aliphatic rings. The van der Waals surface area contributed by atoms with Crippen molar-refractivity contribution in [2.45, 2.75) is 37.0 Å². The van der Waals surface area contributed by atoms with Gasteiger partial charge in [-0.2, -0.15) is 17.2 Å². The Morgan fingerprint density at radius 2 is 1.52 bits per heavy atom. The maximum Gasteiger partial charge on any atom is 0.343 e. The molecule has 0 bridgehead atoms. The summed E-state index contributed by atoms with van der Waals surface area (Å²) < 4.78 is 97.1. The van der Waals surface area contributed by atoms with Crippen molar-refractivity contribution < 1.29 is 49.6 Å². The second kappa shape index (κ2) is 9.93. The Morgan fingerprint density at radius 3 is 2.06 bits per heavy atom. The number of rotatable bonds is 5. The van der Waals surface area contributed by atoms with Gasteiger partial charge in [-0.25, -0.2) is 13.6 Å². The second-order valence-corrected chi connectivity index (χ2v) is 9.70. The molecule has 7 nitrogen and oxygen atoms in total. The van der Waals surface area contributed by atoms with Gasteiger partial charge in [-0.3, -0.25) is 9.35 Å². The number of hydrogen-bond donors (Lipinski definition) is 1. The summed E-state index contributed by atoms with van der Waals surface area (Å²) in [6, 6.07) is 3.55. The Balaban J connectivity index is 1.88. The van der Waals surface area contributed by atoms with E-state index >= 15 is 0 Å². The van der Waals surface area contributed by atoms with Crippen molar-refractivity contribution in [3.8, 4) is 11.5 Å². The van der Waals surface area contributed by atoms with Gasteiger partial charge in [0.1, 0.15) is 5.75 Å². The minimum atomic E-state index is -5.66. The first-order valence-corrected chi connectivity index (χ1v) is 12.0. The molecule has 3 rings (SSSR count). The van der Waals surface area contributed by atoms with Gasteiger partial charge in [-0.1, -0.05) is 19.3 Å². The minimum absolute atomic E-state index is 0.0272. The topological polar surface area (TPSA) is 107 Å². The molecule has 0 aromatic heterocycles. The van der Waals surface area contributed by atoms with Gasteiger partial charge >= 0.3 is 22.1 Å². The lowest BCUT2D eigenvalue weighted by Crippen LogP contribution is -2.23. The van der Waals surface area contributed by atoms with Crippen LogP contribution in [0.4, 0.5) is 17.6 Å². The van der Waals surface area contributed by atoms with Crippen molar-refractivity contribution in [3.05, 3.63) is 50.6 Å². The second-order valence-electron chi connectivity index (χ2n) is 7.18. The largest absolute Gasteiger partial charge is 0.425 e. The first kappa shape index (κ1) is 25.4. The van der Waals surface area contributed by atoms with Crippen molar-refractivity contribution in [1.82, 2.24) is 0 Å². The van der Waals surface area contributed by atoms with Gasteiger partial charge in [0.25, 0.3) is 0 Å². The van der Waals surface area contributed by atoms with E-state index in [9.17, 15) is 35.6 Å². The molecular formula is C20H15F4IO7S. The lowest BCUT2D eigenvalue weighted by atomic mass is 9.89. The molecule has 178 valence electrons. The molecule has 2 aromatic carbocycles. The molecule has 0 spiro atoms. The number of benzene rings is 2. The molecule has 0 heterocycles. The van der Waals surface area contributed by atoms with E-state index in [1.807, 2.05) is 22.6 Å². The summed E-state index contributed by atoms with van der Waals surface area (Å²) >= 11 is 1.83. The van der Waals surface area contributed by atoms with Crippen molar-refractivity contribution in [3.63, 3.8) is 0 Å². The zero-order valence-electron chi connectivity index (χ0n) is 16.5. The highest BCUT2D eigenvalue weighted by Crippen LogP contribution is 2.33. The van der Waals surface area contributed by atoms with E-state index in [4.69, 9.17) is 9.29 Å². The van der Waals surface area contributed by atoms with Gasteiger partial charge in [0.05, 0.1) is 15.1 Å². The summed E-state index contributed by atoms with van der Waals surface area (Å²) in [5.74, 6) is -13.8. The number of carbonyl (C=O) groups excluding carboxylic acids is 2. The maximum atomic E-state index is 14.1. The molecule has 0 aliphatic heterocycles. The van der Waals surface area contributed by atoms with Gasteiger partial charge in [-0.15, -0.1) is 0 Å². The third kappa shape index (κ3) is 5.46. The highest BCUT2D eigenvalue weighted by molar-refractivity contribution is 14.1. The summed E-state index contributed by atoms with van der Waals surface area (Å²) in [5, 5.41) is 0. The molecule has 0 saturated heterocycles. The molecule has 1 fully saturated rings. The van der Waals surface area contributed by atoms with E-state index in [1.165, 1.54) is 6.07 Å². The van der Waals surface area contributed by atoms with Crippen molar-refractivity contribution >= 4 is 44.6 Å². The van der Waals surface area contributed by atoms with E-state index < -0.39 is 56.0 Å². The Morgan fingerprint density at radius 1 is 0.939 bits per heavy atom. The average molecular weight is 602 g/mol. The molecule has 2 aromatic rings. The van der Waals surface area contributed by atoms with Crippen LogP contribution in [0.25, 0.3) is 0 Å². The van der Waals surface area contributed by atoms with Gasteiger partial charge in [0, 0.05) is 0 Å². The molecule has 33 heavy (non-hydrogen) atoms. The monoisotopic (exact) mass is 602 g/mol. The lowest BCUT2D eigenvalue weighted by molar-refractivity contribution is -0.140. The predicted octanol–water partition coefficient (Wildman–Crippen LogP) is 4.80. The highest BCUT2D eigenvalue weighted by atomic mass is 127. The van der Waals surface area contributed by atoms with Crippen LogP contribution in [-0.2, 0) is 14.9 Å². The normalized spacial score (nSPS) is 14.7. The van der Waals surface area contributed by atoms with E-state index in [0.717, 1.165) is 31.4 Å². The Kier molecular flexibility index (Phi) is 7.63. The van der Waals surface area contributed by atoms with E-state index in [-0.39, 0.29) is 17.2 Å². The van der Waals surface area contributed by atoms with Crippen LogP contribution in [0.2, 0.25) is 0 Å². The number of ether oxygens (including phenoxy) is 2. The molecule has 0 amide bonds. The van der Waals surface area contributed by atoms with Crippen LogP contribution >= 0.6 is 22.6 Å². The standard InChI is InChI=1S/C20H15F4IO7S/c21-13-15(23)18(33(28,29)30)16(24)14(22)17(13)32-20(27)10-6-7-11(25)12(8-10)31-19(26)9-4-2-1-3-5-9/h6-9H,1-5H2,(H,28,29,30). The van der Waals surface area contributed by atoms with Gasteiger partial charge in [-0.05, 0) is 53.6 Å². The minimum Gasteiger partial charge on any atom is -0.425 e. The fourth-order valence-corrected chi connectivity index (χ4v) is 4.38. The smallest absolute Gasteiger partial charge is 0.343 e. The maximum absolute atomic E-state index is 14.1. The molecule has 1 saturated carbocycles. The third-order valence-electron chi connectivity index (χ3n) is 4.95. The van der Waals surface area contributed by atoms with E-state index in [2.05, 4.69) is 4.74 Å². The summed E-state index contributed by atoms with van der Waals surface area (Å²) in [5.41, 5.74) is -0.375. The van der Waals surface area contributed by atoms with Crippen LogP contribution in [-0.4, -0.2) is 24.9 Å². The first-order chi connectivity index (χ1) is 15.4. The fraction of sp³-hybridized carbons (Fsp3) is 0.300.